The zero-order valence-electron chi connectivity index (χ0n) is 10.0. The number of halogens is 1. The molecule has 0 spiro atoms. The number of aliphatic hydroxyl groups is 1. The molecule has 0 bridgehead atoms. The van der Waals surface area contributed by atoms with Crippen molar-refractivity contribution in [3.05, 3.63) is 28.2 Å². The summed E-state index contributed by atoms with van der Waals surface area (Å²) in [6.07, 6.45) is 1.20. The zero-order valence-corrected chi connectivity index (χ0v) is 11.6. The summed E-state index contributed by atoms with van der Waals surface area (Å²) in [6.45, 7) is 4.23. The van der Waals surface area contributed by atoms with Crippen LogP contribution < -0.4 is 4.74 Å². The van der Waals surface area contributed by atoms with Crippen LogP contribution in [0.2, 0.25) is 0 Å². The molecular formula is C13H19BrO2. The van der Waals surface area contributed by atoms with E-state index in [1.165, 1.54) is 0 Å². The number of hydrogen-bond acceptors (Lipinski definition) is 2. The van der Waals surface area contributed by atoms with Gasteiger partial charge in [-0.2, -0.15) is 0 Å². The van der Waals surface area contributed by atoms with Crippen LogP contribution in [-0.2, 0) is 6.42 Å². The average molecular weight is 287 g/mol. The van der Waals surface area contributed by atoms with Gasteiger partial charge in [0.25, 0.3) is 0 Å². The lowest BCUT2D eigenvalue weighted by molar-refractivity contribution is 0.149. The molecule has 2 nitrogen and oxygen atoms in total. The summed E-state index contributed by atoms with van der Waals surface area (Å²) in [7, 11) is 1.65. The number of hydrogen-bond donors (Lipinski definition) is 1. The Bertz CT molecular complexity index is 337. The highest BCUT2D eigenvalue weighted by molar-refractivity contribution is 9.10. The minimum Gasteiger partial charge on any atom is -0.497 e. The Morgan fingerprint density at radius 2 is 2.06 bits per heavy atom. The molecule has 0 radical (unpaired) electrons. The van der Waals surface area contributed by atoms with Gasteiger partial charge in [0.1, 0.15) is 5.75 Å². The molecule has 1 aromatic carbocycles. The molecule has 0 saturated heterocycles. The summed E-state index contributed by atoms with van der Waals surface area (Å²) >= 11 is 3.49. The van der Waals surface area contributed by atoms with E-state index < -0.39 is 0 Å². The number of benzene rings is 1. The molecule has 0 aliphatic carbocycles. The second-order valence-electron chi connectivity index (χ2n) is 4.44. The molecule has 1 atom stereocenters. The third-order valence-electron chi connectivity index (χ3n) is 2.45. The van der Waals surface area contributed by atoms with Crippen LogP contribution in [0.25, 0.3) is 0 Å². The molecule has 0 saturated carbocycles. The lowest BCUT2D eigenvalue weighted by Crippen LogP contribution is -2.13. The first-order valence-electron chi connectivity index (χ1n) is 5.53. The average Bonchev–Trinajstić information content (AvgIpc) is 2.20. The summed E-state index contributed by atoms with van der Waals surface area (Å²) in [4.78, 5) is 0. The minimum absolute atomic E-state index is 0.289. The van der Waals surface area contributed by atoms with E-state index in [0.29, 0.717) is 12.3 Å². The molecule has 16 heavy (non-hydrogen) atoms. The van der Waals surface area contributed by atoms with E-state index in [1.54, 1.807) is 7.11 Å². The van der Waals surface area contributed by atoms with Gasteiger partial charge in [0.2, 0.25) is 0 Å². The zero-order chi connectivity index (χ0) is 12.1. The molecular weight excluding hydrogens is 268 g/mol. The number of rotatable bonds is 5. The normalized spacial score (nSPS) is 12.9. The molecule has 1 aromatic rings. The monoisotopic (exact) mass is 286 g/mol. The van der Waals surface area contributed by atoms with Gasteiger partial charge in [0, 0.05) is 4.47 Å². The minimum atomic E-state index is -0.289. The van der Waals surface area contributed by atoms with E-state index in [4.69, 9.17) is 4.74 Å². The summed E-state index contributed by atoms with van der Waals surface area (Å²) in [5.41, 5.74) is 1.09. The van der Waals surface area contributed by atoms with Gasteiger partial charge in [-0.05, 0) is 42.5 Å². The predicted octanol–water partition coefficient (Wildman–Crippen LogP) is 3.41. The van der Waals surface area contributed by atoms with Gasteiger partial charge < -0.3 is 9.84 Å². The van der Waals surface area contributed by atoms with Crippen molar-refractivity contribution in [2.24, 2.45) is 5.92 Å². The van der Waals surface area contributed by atoms with Crippen LogP contribution in [0.4, 0.5) is 0 Å². The Balaban J connectivity index is 2.71. The van der Waals surface area contributed by atoms with Crippen molar-refractivity contribution < 1.29 is 9.84 Å². The Labute approximate surface area is 106 Å². The van der Waals surface area contributed by atoms with Crippen LogP contribution in [0.1, 0.15) is 25.8 Å². The van der Waals surface area contributed by atoms with Crippen LogP contribution in [-0.4, -0.2) is 18.3 Å². The highest BCUT2D eigenvalue weighted by atomic mass is 79.9. The smallest absolute Gasteiger partial charge is 0.119 e. The summed E-state index contributed by atoms with van der Waals surface area (Å²) in [5.74, 6) is 1.34. The largest absolute Gasteiger partial charge is 0.497 e. The molecule has 1 unspecified atom stereocenters. The van der Waals surface area contributed by atoms with E-state index in [0.717, 1.165) is 22.2 Å². The second-order valence-corrected chi connectivity index (χ2v) is 5.30. The number of ether oxygens (including phenoxy) is 1. The van der Waals surface area contributed by atoms with Crippen molar-refractivity contribution >= 4 is 15.9 Å². The number of methoxy groups -OCH3 is 1. The fourth-order valence-electron chi connectivity index (χ4n) is 1.72. The van der Waals surface area contributed by atoms with Gasteiger partial charge in [-0.15, -0.1) is 0 Å². The molecule has 90 valence electrons. The molecule has 0 aromatic heterocycles. The highest BCUT2D eigenvalue weighted by Crippen LogP contribution is 2.24. The van der Waals surface area contributed by atoms with Crippen LogP contribution in [0.3, 0.4) is 0 Å². The standard InChI is InChI=1S/C13H19BrO2/c1-9(2)6-11(15)7-10-8-12(16-3)4-5-13(10)14/h4-5,8-9,11,15H,6-7H2,1-3H3. The summed E-state index contributed by atoms with van der Waals surface area (Å²) in [5, 5.41) is 9.90. The molecule has 0 aliphatic heterocycles. The Kier molecular flexibility index (Phi) is 5.29. The van der Waals surface area contributed by atoms with Crippen LogP contribution in [0.15, 0.2) is 22.7 Å². The molecule has 1 rings (SSSR count). The van der Waals surface area contributed by atoms with Gasteiger partial charge in [-0.1, -0.05) is 29.8 Å². The SMILES string of the molecule is COc1ccc(Br)c(CC(O)CC(C)C)c1. The fraction of sp³-hybridized carbons (Fsp3) is 0.538. The first-order valence-corrected chi connectivity index (χ1v) is 6.32. The fourth-order valence-corrected chi connectivity index (χ4v) is 2.12. The molecule has 0 aliphatic rings. The first kappa shape index (κ1) is 13.5. The second kappa shape index (κ2) is 6.26. The van der Waals surface area contributed by atoms with Gasteiger partial charge in [0.05, 0.1) is 13.2 Å². The Morgan fingerprint density at radius 1 is 1.38 bits per heavy atom. The van der Waals surface area contributed by atoms with Crippen LogP contribution >= 0.6 is 15.9 Å². The molecule has 0 heterocycles. The molecule has 1 N–H and O–H groups in total. The van der Waals surface area contributed by atoms with E-state index in [9.17, 15) is 5.11 Å². The molecule has 3 heteroatoms. The van der Waals surface area contributed by atoms with E-state index in [1.807, 2.05) is 18.2 Å². The van der Waals surface area contributed by atoms with Crippen molar-refractivity contribution in [2.45, 2.75) is 32.8 Å². The van der Waals surface area contributed by atoms with Crippen molar-refractivity contribution in [3.8, 4) is 5.75 Å². The van der Waals surface area contributed by atoms with Crippen molar-refractivity contribution in [1.82, 2.24) is 0 Å². The van der Waals surface area contributed by atoms with Crippen molar-refractivity contribution in [2.75, 3.05) is 7.11 Å². The maximum atomic E-state index is 9.90. The summed E-state index contributed by atoms with van der Waals surface area (Å²) in [6, 6.07) is 5.83. The van der Waals surface area contributed by atoms with E-state index in [-0.39, 0.29) is 6.10 Å². The van der Waals surface area contributed by atoms with Crippen LogP contribution in [0.5, 0.6) is 5.75 Å². The van der Waals surface area contributed by atoms with Gasteiger partial charge in [-0.3, -0.25) is 0 Å². The van der Waals surface area contributed by atoms with E-state index in [2.05, 4.69) is 29.8 Å². The van der Waals surface area contributed by atoms with E-state index >= 15 is 0 Å². The maximum Gasteiger partial charge on any atom is 0.119 e. The van der Waals surface area contributed by atoms with Gasteiger partial charge >= 0.3 is 0 Å². The molecule has 0 fully saturated rings. The lowest BCUT2D eigenvalue weighted by atomic mass is 10.00. The topological polar surface area (TPSA) is 29.5 Å². The van der Waals surface area contributed by atoms with Crippen molar-refractivity contribution in [3.63, 3.8) is 0 Å². The summed E-state index contributed by atoms with van der Waals surface area (Å²) < 4.78 is 6.19. The van der Waals surface area contributed by atoms with Gasteiger partial charge in [-0.25, -0.2) is 0 Å². The first-order chi connectivity index (χ1) is 7.52. The third kappa shape index (κ3) is 4.14. The Hall–Kier alpha value is -0.540. The lowest BCUT2D eigenvalue weighted by Gasteiger charge is -2.14. The Morgan fingerprint density at radius 3 is 2.62 bits per heavy atom. The van der Waals surface area contributed by atoms with Crippen LogP contribution in [0, 0.1) is 5.92 Å². The number of aliphatic hydroxyl groups excluding tert-OH is 1. The third-order valence-corrected chi connectivity index (χ3v) is 3.23. The highest BCUT2D eigenvalue weighted by Gasteiger charge is 2.11. The maximum absolute atomic E-state index is 9.90. The quantitative estimate of drug-likeness (QED) is 0.899. The van der Waals surface area contributed by atoms with Crippen molar-refractivity contribution in [1.29, 1.82) is 0 Å². The van der Waals surface area contributed by atoms with Gasteiger partial charge in [0.15, 0.2) is 0 Å². The molecule has 0 amide bonds. The predicted molar refractivity (Wildman–Crippen MR) is 69.9 cm³/mol.